The lowest BCUT2D eigenvalue weighted by Gasteiger charge is -2.54. The summed E-state index contributed by atoms with van der Waals surface area (Å²) in [7, 11) is 1.63. The molecule has 0 saturated carbocycles. The number of carbonyl (C=O) groups is 1. The molecule has 1 saturated heterocycles. The van der Waals surface area contributed by atoms with Crippen molar-refractivity contribution in [3.05, 3.63) is 97.6 Å². The van der Waals surface area contributed by atoms with Crippen LogP contribution in [0.4, 0.5) is 8.78 Å². The summed E-state index contributed by atoms with van der Waals surface area (Å²) in [6.07, 6.45) is 9.52. The second-order valence-corrected chi connectivity index (χ2v) is 12.3. The zero-order valence-electron chi connectivity index (χ0n) is 23.0. The van der Waals surface area contributed by atoms with Crippen LogP contribution >= 0.6 is 11.3 Å². The van der Waals surface area contributed by atoms with Crippen LogP contribution < -0.4 is 10.4 Å². The first-order valence-electron chi connectivity index (χ1n) is 13.8. The van der Waals surface area contributed by atoms with E-state index in [0.717, 1.165) is 15.8 Å². The molecular formula is C31H29F2N3O5S. The number of morpholine rings is 1. The van der Waals surface area contributed by atoms with Gasteiger partial charge in [0.05, 0.1) is 25.9 Å². The van der Waals surface area contributed by atoms with Crippen LogP contribution in [0.3, 0.4) is 0 Å². The van der Waals surface area contributed by atoms with E-state index in [1.807, 2.05) is 23.2 Å². The molecule has 11 heteroatoms. The minimum absolute atomic E-state index is 0.152. The highest BCUT2D eigenvalue weighted by atomic mass is 32.1. The summed E-state index contributed by atoms with van der Waals surface area (Å²) in [6, 6.07) is 5.22. The summed E-state index contributed by atoms with van der Waals surface area (Å²) in [4.78, 5) is 29.7. The fraction of sp³-hybridized carbons (Fsp3) is 0.355. The smallest absolute Gasteiger partial charge is 0.278 e. The molecule has 0 bridgehead atoms. The molecule has 4 aliphatic rings. The number of halogens is 2. The third-order valence-corrected chi connectivity index (χ3v) is 10.4. The Morgan fingerprint density at radius 3 is 2.86 bits per heavy atom. The summed E-state index contributed by atoms with van der Waals surface area (Å²) in [5, 5.41) is 12.8. The average Bonchev–Trinajstić information content (AvgIpc) is 3.39. The number of carbonyl (C=O) groups excluding carboxylic acids is 1. The zero-order valence-corrected chi connectivity index (χ0v) is 23.9. The minimum Gasteiger partial charge on any atom is -0.502 e. The first kappa shape index (κ1) is 27.1. The van der Waals surface area contributed by atoms with E-state index in [2.05, 4.69) is 19.1 Å². The topological polar surface area (TPSA) is 84.2 Å². The molecule has 0 spiro atoms. The van der Waals surface area contributed by atoms with Crippen molar-refractivity contribution < 1.29 is 28.2 Å². The van der Waals surface area contributed by atoms with Crippen LogP contribution in [0.1, 0.15) is 38.8 Å². The Hall–Kier alpha value is -3.80. The average molecular weight is 594 g/mol. The number of allylic oxidation sites excluding steroid dienone is 3. The van der Waals surface area contributed by atoms with Crippen LogP contribution in [0.15, 0.2) is 59.6 Å². The zero-order chi connectivity index (χ0) is 29.3. The lowest BCUT2D eigenvalue weighted by atomic mass is 9.69. The van der Waals surface area contributed by atoms with Gasteiger partial charge in [0, 0.05) is 64.6 Å². The maximum absolute atomic E-state index is 16.1. The fourth-order valence-electron chi connectivity index (χ4n) is 6.91. The highest BCUT2D eigenvalue weighted by Gasteiger charge is 2.52. The molecular weight excluding hydrogens is 564 g/mol. The number of pyridine rings is 1. The number of rotatable bonds is 4. The number of benzene rings is 1. The van der Waals surface area contributed by atoms with Gasteiger partial charge in [0.15, 0.2) is 23.1 Å². The number of amides is 1. The summed E-state index contributed by atoms with van der Waals surface area (Å²) in [5.74, 6) is -3.37. The summed E-state index contributed by atoms with van der Waals surface area (Å²) in [5.41, 5.74) is -0.172. The van der Waals surface area contributed by atoms with Crippen molar-refractivity contribution in [2.45, 2.75) is 31.0 Å². The second kappa shape index (κ2) is 9.89. The molecule has 2 aliphatic carbocycles. The summed E-state index contributed by atoms with van der Waals surface area (Å²) < 4.78 is 43.8. The molecule has 8 nitrogen and oxygen atoms in total. The van der Waals surface area contributed by atoms with E-state index in [9.17, 15) is 14.7 Å². The normalized spacial score (nSPS) is 25.8. The van der Waals surface area contributed by atoms with Crippen LogP contribution in [-0.4, -0.2) is 60.2 Å². The molecule has 4 heterocycles. The van der Waals surface area contributed by atoms with E-state index in [-0.39, 0.29) is 30.3 Å². The predicted octanol–water partition coefficient (Wildman–Crippen LogP) is 4.25. The number of ether oxygens (including phenoxy) is 2. The van der Waals surface area contributed by atoms with Gasteiger partial charge in [-0.05, 0) is 17.7 Å². The van der Waals surface area contributed by atoms with Crippen molar-refractivity contribution in [2.24, 2.45) is 5.92 Å². The highest BCUT2D eigenvalue weighted by Crippen LogP contribution is 2.57. The number of aromatic hydroxyl groups is 1. The molecule has 2 aromatic heterocycles. The van der Waals surface area contributed by atoms with Gasteiger partial charge in [-0.1, -0.05) is 37.3 Å². The predicted molar refractivity (Wildman–Crippen MR) is 153 cm³/mol. The molecule has 4 atom stereocenters. The largest absolute Gasteiger partial charge is 0.502 e. The van der Waals surface area contributed by atoms with E-state index >= 15 is 8.78 Å². The van der Waals surface area contributed by atoms with E-state index in [4.69, 9.17) is 9.47 Å². The summed E-state index contributed by atoms with van der Waals surface area (Å²) in [6.45, 7) is 3.27. The van der Waals surface area contributed by atoms with Gasteiger partial charge in [-0.3, -0.25) is 19.3 Å². The molecule has 3 aromatic rings. The number of hydrogen-bond acceptors (Lipinski definition) is 7. The molecule has 42 heavy (non-hydrogen) atoms. The van der Waals surface area contributed by atoms with Gasteiger partial charge in [-0.25, -0.2) is 8.78 Å². The van der Waals surface area contributed by atoms with Crippen LogP contribution in [0.2, 0.25) is 0 Å². The SMILES string of the molecule is COCCc1cc2c(s1)C1(C)C=CC=CC1C(N1C3COCCN3C(=O)c3c(O)c(=O)ccn31)c1ccc(F)c(F)c1-2. The molecule has 218 valence electrons. The number of nitrogens with zero attached hydrogens (tertiary/aromatic N) is 3. The van der Waals surface area contributed by atoms with E-state index in [0.29, 0.717) is 30.8 Å². The Balaban J connectivity index is 1.54. The third-order valence-electron chi connectivity index (χ3n) is 8.90. The molecule has 1 aromatic carbocycles. The van der Waals surface area contributed by atoms with Crippen LogP contribution in [0, 0.1) is 17.6 Å². The van der Waals surface area contributed by atoms with Crippen molar-refractivity contribution in [3.63, 3.8) is 0 Å². The summed E-state index contributed by atoms with van der Waals surface area (Å²) >= 11 is 1.56. The Labute approximate surface area is 244 Å². The quantitative estimate of drug-likeness (QED) is 0.487. The van der Waals surface area contributed by atoms with Crippen LogP contribution in [0.5, 0.6) is 5.75 Å². The van der Waals surface area contributed by atoms with Gasteiger partial charge in [0.2, 0.25) is 5.43 Å². The van der Waals surface area contributed by atoms with Crippen molar-refractivity contribution in [1.29, 1.82) is 0 Å². The minimum atomic E-state index is -0.956. The maximum Gasteiger partial charge on any atom is 0.278 e. The Bertz CT molecular complexity index is 1730. The first-order valence-corrected chi connectivity index (χ1v) is 14.7. The lowest BCUT2D eigenvalue weighted by Crippen LogP contribution is -2.67. The monoisotopic (exact) mass is 593 g/mol. The lowest BCUT2D eigenvalue weighted by molar-refractivity contribution is -0.0234. The van der Waals surface area contributed by atoms with Crippen LogP contribution in [-0.2, 0) is 21.3 Å². The molecule has 0 radical (unpaired) electrons. The number of fused-ring (bicyclic) bond motifs is 7. The van der Waals surface area contributed by atoms with E-state index in [1.165, 1.54) is 16.9 Å². The van der Waals surface area contributed by atoms with Gasteiger partial charge in [-0.2, -0.15) is 0 Å². The number of methoxy groups -OCH3 is 1. The second-order valence-electron chi connectivity index (χ2n) is 11.2. The van der Waals surface area contributed by atoms with Gasteiger partial charge in [0.1, 0.15) is 6.17 Å². The van der Waals surface area contributed by atoms with Crippen molar-refractivity contribution in [3.8, 4) is 16.9 Å². The fourth-order valence-corrected chi connectivity index (χ4v) is 8.22. The standard InChI is InChI=1S/C31H29F2N3O5S/c1-31-10-4-3-5-20(31)26(18-6-7-21(32)25(33)24(18)19-15-17(9-13-40-2)42-29(19)31)36-23-16-41-14-12-34(23)30(39)27-28(38)22(37)8-11-35(27)36/h3-8,10-11,15,20,23,26,38H,9,12-14,16H2,1-2H3. The van der Waals surface area contributed by atoms with Crippen molar-refractivity contribution in [2.75, 3.05) is 38.5 Å². The van der Waals surface area contributed by atoms with Gasteiger partial charge < -0.3 is 19.5 Å². The van der Waals surface area contributed by atoms with E-state index in [1.54, 1.807) is 29.4 Å². The third kappa shape index (κ3) is 3.76. The number of hydrogen-bond donors (Lipinski definition) is 1. The number of thiophene rings is 1. The number of aromatic nitrogens is 1. The maximum atomic E-state index is 16.1. The molecule has 2 aliphatic heterocycles. The molecule has 7 rings (SSSR count). The Morgan fingerprint density at radius 1 is 1.21 bits per heavy atom. The molecule has 4 unspecified atom stereocenters. The van der Waals surface area contributed by atoms with Crippen molar-refractivity contribution >= 4 is 17.2 Å². The van der Waals surface area contributed by atoms with Crippen molar-refractivity contribution in [1.82, 2.24) is 9.58 Å². The Morgan fingerprint density at radius 2 is 2.05 bits per heavy atom. The van der Waals surface area contributed by atoms with Gasteiger partial charge in [-0.15, -0.1) is 11.3 Å². The van der Waals surface area contributed by atoms with Crippen LogP contribution in [0.25, 0.3) is 11.1 Å². The van der Waals surface area contributed by atoms with E-state index < -0.39 is 46.3 Å². The molecule has 1 N–H and O–H groups in total. The molecule has 1 fully saturated rings. The van der Waals surface area contributed by atoms with Gasteiger partial charge in [0.25, 0.3) is 5.91 Å². The Kier molecular flexibility index (Phi) is 6.37. The highest BCUT2D eigenvalue weighted by molar-refractivity contribution is 7.12. The molecule has 1 amide bonds. The first-order chi connectivity index (χ1) is 20.3. The van der Waals surface area contributed by atoms with Gasteiger partial charge >= 0.3 is 0 Å².